The van der Waals surface area contributed by atoms with Gasteiger partial charge in [-0.15, -0.1) is 10.2 Å². The molecule has 0 N–H and O–H groups in total. The number of hydrogen-bond acceptors (Lipinski definition) is 6. The van der Waals surface area contributed by atoms with Gasteiger partial charge in [0, 0.05) is 22.0 Å². The third-order valence-corrected chi connectivity index (χ3v) is 5.43. The van der Waals surface area contributed by atoms with Crippen molar-refractivity contribution >= 4 is 39.3 Å². The molecule has 1 amide bonds. The predicted octanol–water partition coefficient (Wildman–Crippen LogP) is 4.86. The Balaban J connectivity index is 1.98. The summed E-state index contributed by atoms with van der Waals surface area (Å²) >= 11 is 4.90. The number of amides is 1. The topological polar surface area (TPSA) is 68.2 Å². The van der Waals surface area contributed by atoms with Crippen LogP contribution in [0, 0.1) is 0 Å². The predicted molar refractivity (Wildman–Crippen MR) is 112 cm³/mol. The van der Waals surface area contributed by atoms with Crippen LogP contribution in [0.5, 0.6) is 5.88 Å². The Hall–Kier alpha value is -2.45. The fraction of sp³-hybridized carbons (Fsp3) is 0.200. The van der Waals surface area contributed by atoms with Crippen LogP contribution in [0.25, 0.3) is 11.3 Å². The average Bonchev–Trinajstić information content (AvgIpc) is 2.87. The molecule has 0 unspecified atom stereocenters. The SMILES string of the molecule is CCC(=O)N1c2ccccc2-c2nnc(SC)nc2O[C@@H]1c1cccc(Br)c1. The summed E-state index contributed by atoms with van der Waals surface area (Å²) in [5.74, 6) is 0.312. The van der Waals surface area contributed by atoms with Crippen molar-refractivity contribution in [2.75, 3.05) is 11.2 Å². The van der Waals surface area contributed by atoms with Gasteiger partial charge in [-0.05, 0) is 24.5 Å². The van der Waals surface area contributed by atoms with Gasteiger partial charge in [-0.25, -0.2) is 0 Å². The Morgan fingerprint density at radius 3 is 2.79 bits per heavy atom. The minimum atomic E-state index is -0.668. The number of carbonyl (C=O) groups is 1. The Morgan fingerprint density at radius 1 is 1.21 bits per heavy atom. The number of nitrogens with zero attached hydrogens (tertiary/aromatic N) is 4. The Bertz CT molecular complexity index is 1050. The van der Waals surface area contributed by atoms with Crippen molar-refractivity contribution < 1.29 is 9.53 Å². The summed E-state index contributed by atoms with van der Waals surface area (Å²) in [5, 5.41) is 9.03. The largest absolute Gasteiger partial charge is 0.447 e. The van der Waals surface area contributed by atoms with Crippen molar-refractivity contribution in [3.05, 3.63) is 58.6 Å². The Kier molecular flexibility index (Phi) is 5.32. The summed E-state index contributed by atoms with van der Waals surface area (Å²) in [4.78, 5) is 19.2. The third kappa shape index (κ3) is 3.38. The second-order valence-electron chi connectivity index (χ2n) is 6.11. The number of fused-ring (bicyclic) bond motifs is 3. The first-order valence-electron chi connectivity index (χ1n) is 8.74. The van der Waals surface area contributed by atoms with Crippen molar-refractivity contribution in [2.45, 2.75) is 24.7 Å². The van der Waals surface area contributed by atoms with Crippen LogP contribution in [-0.4, -0.2) is 27.3 Å². The van der Waals surface area contributed by atoms with Gasteiger partial charge >= 0.3 is 0 Å². The van der Waals surface area contributed by atoms with Gasteiger partial charge in [0.15, 0.2) is 5.69 Å². The highest BCUT2D eigenvalue weighted by Gasteiger charge is 2.35. The molecule has 8 heteroatoms. The van der Waals surface area contributed by atoms with Gasteiger partial charge in [-0.2, -0.15) is 4.98 Å². The normalized spacial score (nSPS) is 15.2. The first-order valence-corrected chi connectivity index (χ1v) is 10.8. The van der Waals surface area contributed by atoms with Gasteiger partial charge in [0.25, 0.3) is 0 Å². The van der Waals surface area contributed by atoms with E-state index in [-0.39, 0.29) is 5.91 Å². The number of anilines is 1. The molecule has 0 bridgehead atoms. The smallest absolute Gasteiger partial charge is 0.247 e. The molecule has 4 rings (SSSR count). The van der Waals surface area contributed by atoms with Crippen molar-refractivity contribution in [1.29, 1.82) is 0 Å². The number of rotatable bonds is 3. The van der Waals surface area contributed by atoms with Crippen molar-refractivity contribution in [2.24, 2.45) is 0 Å². The maximum absolute atomic E-state index is 13.0. The number of carbonyl (C=O) groups excluding carboxylic acids is 1. The van der Waals surface area contributed by atoms with Crippen LogP contribution in [0.1, 0.15) is 25.1 Å². The van der Waals surface area contributed by atoms with Crippen LogP contribution in [0.2, 0.25) is 0 Å². The zero-order valence-corrected chi connectivity index (χ0v) is 17.7. The maximum atomic E-state index is 13.0. The highest BCUT2D eigenvalue weighted by atomic mass is 79.9. The number of halogens is 1. The van der Waals surface area contributed by atoms with E-state index in [9.17, 15) is 4.79 Å². The summed E-state index contributed by atoms with van der Waals surface area (Å²) in [7, 11) is 0. The number of thioether (sulfide) groups is 1. The van der Waals surface area contributed by atoms with E-state index in [1.165, 1.54) is 11.8 Å². The van der Waals surface area contributed by atoms with E-state index in [0.717, 1.165) is 21.3 Å². The molecule has 0 radical (unpaired) electrons. The van der Waals surface area contributed by atoms with Gasteiger partial charge in [-0.3, -0.25) is 9.69 Å². The molecule has 142 valence electrons. The van der Waals surface area contributed by atoms with Gasteiger partial charge in [0.2, 0.25) is 23.2 Å². The summed E-state index contributed by atoms with van der Waals surface area (Å²) in [6, 6.07) is 15.3. The molecule has 2 heterocycles. The van der Waals surface area contributed by atoms with Crippen molar-refractivity contribution in [1.82, 2.24) is 15.2 Å². The monoisotopic (exact) mass is 456 g/mol. The molecule has 0 spiro atoms. The molecule has 0 saturated heterocycles. The number of benzene rings is 2. The lowest BCUT2D eigenvalue weighted by molar-refractivity contribution is -0.120. The molecule has 3 aromatic rings. The van der Waals surface area contributed by atoms with Gasteiger partial charge in [0.1, 0.15) is 0 Å². The summed E-state index contributed by atoms with van der Waals surface area (Å²) in [6.07, 6.45) is 1.55. The van der Waals surface area contributed by atoms with Crippen LogP contribution in [0.4, 0.5) is 5.69 Å². The second-order valence-corrected chi connectivity index (χ2v) is 7.80. The molecular formula is C20H17BrN4O2S. The highest BCUT2D eigenvalue weighted by molar-refractivity contribution is 9.10. The maximum Gasteiger partial charge on any atom is 0.247 e. The summed E-state index contributed by atoms with van der Waals surface area (Å²) < 4.78 is 7.22. The molecule has 28 heavy (non-hydrogen) atoms. The summed E-state index contributed by atoms with van der Waals surface area (Å²) in [6.45, 7) is 1.84. The van der Waals surface area contributed by atoms with E-state index in [0.29, 0.717) is 23.2 Å². The molecule has 1 aliphatic heterocycles. The van der Waals surface area contributed by atoms with Crippen LogP contribution in [0.3, 0.4) is 0 Å². The molecule has 0 aliphatic carbocycles. The second kappa shape index (κ2) is 7.89. The first kappa shape index (κ1) is 18.9. The molecule has 1 aromatic heterocycles. The fourth-order valence-electron chi connectivity index (χ4n) is 3.12. The zero-order chi connectivity index (χ0) is 19.7. The van der Waals surface area contributed by atoms with E-state index in [4.69, 9.17) is 4.74 Å². The molecule has 1 atom stereocenters. The van der Waals surface area contributed by atoms with Gasteiger partial charge in [-0.1, -0.05) is 64.9 Å². The third-order valence-electron chi connectivity index (χ3n) is 4.40. The molecule has 6 nitrogen and oxygen atoms in total. The van der Waals surface area contributed by atoms with Gasteiger partial charge in [0.05, 0.1) is 5.69 Å². The fourth-order valence-corrected chi connectivity index (χ4v) is 3.83. The Labute approximate surface area is 175 Å². The van der Waals surface area contributed by atoms with E-state index >= 15 is 0 Å². The number of ether oxygens (including phenoxy) is 1. The van der Waals surface area contributed by atoms with Gasteiger partial charge < -0.3 is 4.74 Å². The quantitative estimate of drug-likeness (QED) is 0.524. The molecule has 0 fully saturated rings. The molecule has 2 aromatic carbocycles. The first-order chi connectivity index (χ1) is 13.6. The molecular weight excluding hydrogens is 440 g/mol. The lowest BCUT2D eigenvalue weighted by atomic mass is 10.1. The minimum absolute atomic E-state index is 0.0525. The Morgan fingerprint density at radius 2 is 2.04 bits per heavy atom. The lowest BCUT2D eigenvalue weighted by Gasteiger charge is -2.30. The van der Waals surface area contributed by atoms with E-state index < -0.39 is 6.23 Å². The lowest BCUT2D eigenvalue weighted by Crippen LogP contribution is -2.37. The van der Waals surface area contributed by atoms with Crippen molar-refractivity contribution in [3.63, 3.8) is 0 Å². The molecule has 1 aliphatic rings. The number of hydrogen-bond donors (Lipinski definition) is 0. The van der Waals surface area contributed by atoms with Crippen LogP contribution >= 0.6 is 27.7 Å². The highest BCUT2D eigenvalue weighted by Crippen LogP contribution is 2.43. The minimum Gasteiger partial charge on any atom is -0.447 e. The zero-order valence-electron chi connectivity index (χ0n) is 15.3. The summed E-state index contributed by atoms with van der Waals surface area (Å²) in [5.41, 5.74) is 2.86. The van der Waals surface area contributed by atoms with E-state index in [2.05, 4.69) is 31.1 Å². The standard InChI is InChI=1S/C20H17BrN4O2S/c1-3-16(26)25-15-10-5-4-9-14(15)17-18(22-20(28-2)24-23-17)27-19(25)12-7-6-8-13(21)11-12/h4-11,19H,3H2,1-2H3/t19-/m1/s1. The molecule has 0 saturated carbocycles. The number of para-hydroxylation sites is 1. The number of aromatic nitrogens is 3. The van der Waals surface area contributed by atoms with E-state index in [1.807, 2.05) is 61.7 Å². The van der Waals surface area contributed by atoms with Crippen LogP contribution in [-0.2, 0) is 4.79 Å². The van der Waals surface area contributed by atoms with E-state index in [1.54, 1.807) is 4.90 Å². The average molecular weight is 457 g/mol. The van der Waals surface area contributed by atoms with Crippen LogP contribution < -0.4 is 9.64 Å². The van der Waals surface area contributed by atoms with Crippen LogP contribution in [0.15, 0.2) is 58.2 Å². The van der Waals surface area contributed by atoms with Crippen molar-refractivity contribution in [3.8, 4) is 17.1 Å².